The van der Waals surface area contributed by atoms with Crippen LogP contribution in [0.15, 0.2) is 53.1 Å². The van der Waals surface area contributed by atoms with E-state index in [1.165, 1.54) is 5.56 Å². The molecule has 0 bridgehead atoms. The summed E-state index contributed by atoms with van der Waals surface area (Å²) in [6, 6.07) is 15.7. The van der Waals surface area contributed by atoms with Crippen LogP contribution in [0, 0.1) is 6.92 Å². The summed E-state index contributed by atoms with van der Waals surface area (Å²) in [5.74, 6) is 1.91. The molecule has 1 unspecified atom stereocenters. The first kappa shape index (κ1) is 18.2. The Morgan fingerprint density at radius 3 is 2.71 bits per heavy atom. The van der Waals surface area contributed by atoms with Crippen molar-refractivity contribution in [3.8, 4) is 17.1 Å². The van der Waals surface area contributed by atoms with Crippen LogP contribution in [0.4, 0.5) is 0 Å². The molecule has 0 aliphatic carbocycles. The minimum atomic E-state index is -0.0690. The number of ether oxygens (including phenoxy) is 1. The molecule has 1 aromatic heterocycles. The molecule has 28 heavy (non-hydrogen) atoms. The van der Waals surface area contributed by atoms with Crippen molar-refractivity contribution >= 4 is 5.91 Å². The molecule has 6 nitrogen and oxygen atoms in total. The van der Waals surface area contributed by atoms with E-state index >= 15 is 0 Å². The number of hydrogen-bond acceptors (Lipinski definition) is 5. The SMILES string of the molecule is CCOc1ccc(-c2noc(C3CC(=O)N(Cc4ccccc4C)C3)n2)cc1. The molecule has 1 fully saturated rings. The van der Waals surface area contributed by atoms with Gasteiger partial charge < -0.3 is 14.2 Å². The van der Waals surface area contributed by atoms with Crippen molar-refractivity contribution in [3.63, 3.8) is 0 Å². The zero-order valence-electron chi connectivity index (χ0n) is 16.1. The van der Waals surface area contributed by atoms with Crippen molar-refractivity contribution in [1.29, 1.82) is 0 Å². The number of hydrogen-bond donors (Lipinski definition) is 0. The summed E-state index contributed by atoms with van der Waals surface area (Å²) in [6.07, 6.45) is 0.400. The van der Waals surface area contributed by atoms with Gasteiger partial charge in [-0.3, -0.25) is 4.79 Å². The van der Waals surface area contributed by atoms with E-state index in [-0.39, 0.29) is 11.8 Å². The Hall–Kier alpha value is -3.15. The Balaban J connectivity index is 1.45. The number of amides is 1. The number of nitrogens with zero attached hydrogens (tertiary/aromatic N) is 3. The highest BCUT2D eigenvalue weighted by molar-refractivity contribution is 5.79. The first-order chi connectivity index (χ1) is 13.6. The van der Waals surface area contributed by atoms with Gasteiger partial charge in [-0.05, 0) is 49.2 Å². The molecule has 1 aliphatic rings. The third-order valence-corrected chi connectivity index (χ3v) is 5.05. The van der Waals surface area contributed by atoms with Gasteiger partial charge in [-0.15, -0.1) is 0 Å². The molecule has 1 amide bonds. The predicted octanol–water partition coefficient (Wildman–Crippen LogP) is 3.96. The third-order valence-electron chi connectivity index (χ3n) is 5.05. The minimum absolute atomic E-state index is 0.0690. The first-order valence-electron chi connectivity index (χ1n) is 9.53. The lowest BCUT2D eigenvalue weighted by Crippen LogP contribution is -2.24. The first-order valence-corrected chi connectivity index (χ1v) is 9.53. The average molecular weight is 377 g/mol. The monoisotopic (exact) mass is 377 g/mol. The maximum Gasteiger partial charge on any atom is 0.232 e. The average Bonchev–Trinajstić information content (AvgIpc) is 3.32. The van der Waals surface area contributed by atoms with Crippen LogP contribution in [0.1, 0.15) is 36.3 Å². The van der Waals surface area contributed by atoms with E-state index < -0.39 is 0 Å². The second kappa shape index (κ2) is 7.84. The van der Waals surface area contributed by atoms with Gasteiger partial charge >= 0.3 is 0 Å². The van der Waals surface area contributed by atoms with Gasteiger partial charge in [0.05, 0.1) is 12.5 Å². The molecule has 0 spiro atoms. The van der Waals surface area contributed by atoms with E-state index in [2.05, 4.69) is 29.2 Å². The summed E-state index contributed by atoms with van der Waals surface area (Å²) in [7, 11) is 0. The van der Waals surface area contributed by atoms with E-state index in [1.807, 2.05) is 48.2 Å². The molecular formula is C22H23N3O3. The standard InChI is InChI=1S/C22H23N3O3/c1-3-27-19-10-8-16(9-11-19)21-23-22(28-24-21)18-12-20(26)25(14-18)13-17-7-5-4-6-15(17)2/h4-11,18H,3,12-14H2,1-2H3. The van der Waals surface area contributed by atoms with E-state index in [0.29, 0.717) is 37.8 Å². The number of carbonyl (C=O) groups is 1. The van der Waals surface area contributed by atoms with Gasteiger partial charge in [0.1, 0.15) is 5.75 Å². The molecule has 1 atom stereocenters. The molecule has 6 heteroatoms. The lowest BCUT2D eigenvalue weighted by Gasteiger charge is -2.17. The van der Waals surface area contributed by atoms with Gasteiger partial charge in [-0.25, -0.2) is 0 Å². The highest BCUT2D eigenvalue weighted by Crippen LogP contribution is 2.30. The smallest absolute Gasteiger partial charge is 0.232 e. The fourth-order valence-corrected chi connectivity index (χ4v) is 3.47. The van der Waals surface area contributed by atoms with Crippen LogP contribution >= 0.6 is 0 Å². The number of likely N-dealkylation sites (tertiary alicyclic amines) is 1. The van der Waals surface area contributed by atoms with Crippen LogP contribution in [-0.4, -0.2) is 34.1 Å². The van der Waals surface area contributed by atoms with Gasteiger partial charge in [0.25, 0.3) is 0 Å². The summed E-state index contributed by atoms with van der Waals surface area (Å²) >= 11 is 0. The summed E-state index contributed by atoms with van der Waals surface area (Å²) in [6.45, 7) is 5.85. The topological polar surface area (TPSA) is 68.5 Å². The Kier molecular flexibility index (Phi) is 5.10. The zero-order chi connectivity index (χ0) is 19.5. The lowest BCUT2D eigenvalue weighted by atomic mass is 10.1. The number of aryl methyl sites for hydroxylation is 1. The molecule has 3 aromatic rings. The molecule has 0 N–H and O–H groups in total. The molecule has 1 aliphatic heterocycles. The van der Waals surface area contributed by atoms with Gasteiger partial charge in [0.15, 0.2) is 0 Å². The molecule has 2 aromatic carbocycles. The van der Waals surface area contributed by atoms with E-state index in [0.717, 1.165) is 16.9 Å². The second-order valence-electron chi connectivity index (χ2n) is 7.02. The maximum absolute atomic E-state index is 12.5. The largest absolute Gasteiger partial charge is 0.494 e. The molecule has 144 valence electrons. The number of benzene rings is 2. The van der Waals surface area contributed by atoms with Gasteiger partial charge in [0, 0.05) is 25.1 Å². The van der Waals surface area contributed by atoms with Crippen LogP contribution in [0.25, 0.3) is 11.4 Å². The summed E-state index contributed by atoms with van der Waals surface area (Å²) < 4.78 is 10.9. The zero-order valence-corrected chi connectivity index (χ0v) is 16.1. The van der Waals surface area contributed by atoms with Crippen LogP contribution in [-0.2, 0) is 11.3 Å². The van der Waals surface area contributed by atoms with Gasteiger partial charge in [-0.1, -0.05) is 29.4 Å². The Morgan fingerprint density at radius 2 is 1.96 bits per heavy atom. The fraction of sp³-hybridized carbons (Fsp3) is 0.318. The summed E-state index contributed by atoms with van der Waals surface area (Å²) in [5.41, 5.74) is 3.21. The molecule has 0 radical (unpaired) electrons. The number of aromatic nitrogens is 2. The van der Waals surface area contributed by atoms with Crippen LogP contribution in [0.2, 0.25) is 0 Å². The molecule has 2 heterocycles. The Labute approximate surface area is 164 Å². The van der Waals surface area contributed by atoms with Crippen molar-refractivity contribution in [2.24, 2.45) is 0 Å². The van der Waals surface area contributed by atoms with Crippen molar-refractivity contribution < 1.29 is 14.1 Å². The maximum atomic E-state index is 12.5. The Bertz CT molecular complexity index is 965. The fourth-order valence-electron chi connectivity index (χ4n) is 3.47. The van der Waals surface area contributed by atoms with E-state index in [1.54, 1.807) is 0 Å². The van der Waals surface area contributed by atoms with Crippen molar-refractivity contribution in [2.75, 3.05) is 13.2 Å². The van der Waals surface area contributed by atoms with Crippen molar-refractivity contribution in [1.82, 2.24) is 15.0 Å². The third kappa shape index (κ3) is 3.76. The van der Waals surface area contributed by atoms with Crippen LogP contribution in [0.3, 0.4) is 0 Å². The normalized spacial score (nSPS) is 16.6. The summed E-state index contributed by atoms with van der Waals surface area (Å²) in [4.78, 5) is 18.9. The molecule has 0 saturated carbocycles. The van der Waals surface area contributed by atoms with Gasteiger partial charge in [-0.2, -0.15) is 4.98 Å². The highest BCUT2D eigenvalue weighted by Gasteiger charge is 2.34. The van der Waals surface area contributed by atoms with E-state index in [4.69, 9.17) is 9.26 Å². The van der Waals surface area contributed by atoms with Crippen LogP contribution in [0.5, 0.6) is 5.75 Å². The van der Waals surface area contributed by atoms with Crippen molar-refractivity contribution in [3.05, 3.63) is 65.5 Å². The van der Waals surface area contributed by atoms with Gasteiger partial charge in [0.2, 0.25) is 17.6 Å². The van der Waals surface area contributed by atoms with Crippen molar-refractivity contribution in [2.45, 2.75) is 32.7 Å². The molecule has 4 rings (SSSR count). The van der Waals surface area contributed by atoms with Crippen LogP contribution < -0.4 is 4.74 Å². The Morgan fingerprint density at radius 1 is 1.18 bits per heavy atom. The number of carbonyl (C=O) groups excluding carboxylic acids is 1. The minimum Gasteiger partial charge on any atom is -0.494 e. The quantitative estimate of drug-likeness (QED) is 0.650. The lowest BCUT2D eigenvalue weighted by molar-refractivity contribution is -0.128. The number of rotatable bonds is 6. The highest BCUT2D eigenvalue weighted by atomic mass is 16.5. The van der Waals surface area contributed by atoms with E-state index in [9.17, 15) is 4.79 Å². The summed E-state index contributed by atoms with van der Waals surface area (Å²) in [5, 5.41) is 4.10. The molecule has 1 saturated heterocycles. The molecular weight excluding hydrogens is 354 g/mol. The predicted molar refractivity (Wildman–Crippen MR) is 105 cm³/mol. The second-order valence-corrected chi connectivity index (χ2v) is 7.02.